The summed E-state index contributed by atoms with van der Waals surface area (Å²) in [5.74, 6) is 0. The van der Waals surface area contributed by atoms with Crippen LogP contribution in [-0.4, -0.2) is 0 Å². The van der Waals surface area contributed by atoms with Crippen molar-refractivity contribution in [2.24, 2.45) is 0 Å². The van der Waals surface area contributed by atoms with E-state index >= 15 is 0 Å². The standard InChI is InChI=1S/C42H30O/c1-2-12-27(13-3-1)31-24-22-28-14-4-5-15-30(28)41(31)42-36-19-8-6-17-34(36)40(35-18-7-9-20-37(35)42)29-23-25-33-32-16-10-11-21-38(32)43-39(33)26-29/h1-3,6-13,16-26H,4-5,14-15H2/i6D,7D,8D,9D,17D,18D,19D,20D. The van der Waals surface area contributed by atoms with Crippen molar-refractivity contribution in [2.45, 2.75) is 25.7 Å². The van der Waals surface area contributed by atoms with E-state index in [4.69, 9.17) is 9.90 Å². The Hall–Kier alpha value is -5.14. The van der Waals surface area contributed by atoms with Crippen LogP contribution in [0.5, 0.6) is 0 Å². The lowest BCUT2D eigenvalue weighted by molar-refractivity contribution is 0.669. The Kier molecular flexibility index (Phi) is 4.01. The van der Waals surface area contributed by atoms with Crippen LogP contribution in [0.25, 0.3) is 76.9 Å². The molecule has 0 saturated carbocycles. The first-order valence-electron chi connectivity index (χ1n) is 18.8. The average Bonchev–Trinajstić information content (AvgIpc) is 3.54. The Labute approximate surface area is 262 Å². The summed E-state index contributed by atoms with van der Waals surface area (Å²) < 4.78 is 79.6. The van der Waals surface area contributed by atoms with Crippen LogP contribution in [0.3, 0.4) is 0 Å². The highest BCUT2D eigenvalue weighted by atomic mass is 16.3. The molecule has 1 aromatic heterocycles. The lowest BCUT2D eigenvalue weighted by Gasteiger charge is -2.26. The highest BCUT2D eigenvalue weighted by molar-refractivity contribution is 6.23. The third-order valence-corrected chi connectivity index (χ3v) is 8.91. The lowest BCUT2D eigenvalue weighted by atomic mass is 9.78. The molecule has 0 spiro atoms. The smallest absolute Gasteiger partial charge is 0.136 e. The van der Waals surface area contributed by atoms with Gasteiger partial charge in [0.2, 0.25) is 0 Å². The van der Waals surface area contributed by atoms with Crippen LogP contribution in [-0.2, 0) is 12.8 Å². The molecule has 0 fully saturated rings. The van der Waals surface area contributed by atoms with Crippen molar-refractivity contribution >= 4 is 43.5 Å². The van der Waals surface area contributed by atoms with Gasteiger partial charge < -0.3 is 4.42 Å². The van der Waals surface area contributed by atoms with Crippen molar-refractivity contribution in [1.82, 2.24) is 0 Å². The highest BCUT2D eigenvalue weighted by Gasteiger charge is 2.24. The number of fused-ring (bicyclic) bond motifs is 6. The molecule has 8 aromatic rings. The number of aryl methyl sites for hydroxylation is 1. The van der Waals surface area contributed by atoms with Crippen LogP contribution in [0.2, 0.25) is 0 Å². The van der Waals surface area contributed by atoms with Crippen LogP contribution in [0.1, 0.15) is 34.9 Å². The van der Waals surface area contributed by atoms with E-state index in [1.54, 1.807) is 0 Å². The molecular weight excluding hydrogens is 520 g/mol. The van der Waals surface area contributed by atoms with Crippen LogP contribution in [0.4, 0.5) is 0 Å². The quantitative estimate of drug-likeness (QED) is 0.197. The Morgan fingerprint density at radius 3 is 1.91 bits per heavy atom. The molecule has 0 atom stereocenters. The van der Waals surface area contributed by atoms with Gasteiger partial charge in [0.05, 0.1) is 11.0 Å². The molecule has 1 nitrogen and oxygen atoms in total. The molecular formula is C42H30O. The monoisotopic (exact) mass is 558 g/mol. The molecule has 1 heteroatoms. The summed E-state index contributed by atoms with van der Waals surface area (Å²) in [4.78, 5) is 0. The highest BCUT2D eigenvalue weighted by Crippen LogP contribution is 2.49. The van der Waals surface area contributed by atoms with E-state index < -0.39 is 24.2 Å². The van der Waals surface area contributed by atoms with Crippen molar-refractivity contribution in [3.63, 3.8) is 0 Å². The van der Waals surface area contributed by atoms with E-state index in [9.17, 15) is 5.48 Å². The number of benzene rings is 7. The Morgan fingerprint density at radius 2 is 1.14 bits per heavy atom. The van der Waals surface area contributed by atoms with Gasteiger partial charge in [-0.2, -0.15) is 0 Å². The maximum Gasteiger partial charge on any atom is 0.136 e. The van der Waals surface area contributed by atoms with Gasteiger partial charge in [-0.05, 0) is 110 Å². The Bertz CT molecular complexity index is 2700. The summed E-state index contributed by atoms with van der Waals surface area (Å²) in [5, 5.41) is 2.67. The summed E-state index contributed by atoms with van der Waals surface area (Å²) in [6.07, 6.45) is 3.52. The van der Waals surface area contributed by atoms with Crippen molar-refractivity contribution < 1.29 is 15.4 Å². The summed E-state index contributed by atoms with van der Waals surface area (Å²) in [6.45, 7) is 0. The second-order valence-electron chi connectivity index (χ2n) is 11.3. The first-order valence-corrected chi connectivity index (χ1v) is 14.8. The molecule has 1 aliphatic rings. The molecule has 0 aliphatic heterocycles. The number of rotatable bonds is 3. The van der Waals surface area contributed by atoms with Gasteiger partial charge in [-0.3, -0.25) is 0 Å². The first kappa shape index (κ1) is 17.7. The van der Waals surface area contributed by atoms with Crippen molar-refractivity contribution in [2.75, 3.05) is 0 Å². The van der Waals surface area contributed by atoms with Crippen molar-refractivity contribution in [3.05, 3.63) is 144 Å². The van der Waals surface area contributed by atoms with Gasteiger partial charge in [-0.1, -0.05) is 115 Å². The van der Waals surface area contributed by atoms with Gasteiger partial charge in [-0.15, -0.1) is 0 Å². The SMILES string of the molecule is [2H]c1c([2H])c([2H])c2c(-c3c(-c4ccccc4)ccc4c3CCCC4)c3c([2H])c([2H])c([2H])c([2H])c3c(-c3ccc4c(c3)oc3ccccc34)c2c1[2H]. The molecule has 0 bridgehead atoms. The molecule has 0 unspecified atom stereocenters. The van der Waals surface area contributed by atoms with Crippen molar-refractivity contribution in [3.8, 4) is 33.4 Å². The topological polar surface area (TPSA) is 13.1 Å². The van der Waals surface area contributed by atoms with Gasteiger partial charge in [0.25, 0.3) is 0 Å². The molecule has 1 aliphatic carbocycles. The fourth-order valence-corrected chi connectivity index (χ4v) is 7.02. The van der Waals surface area contributed by atoms with E-state index in [-0.39, 0.29) is 45.7 Å². The molecule has 0 amide bonds. The van der Waals surface area contributed by atoms with Gasteiger partial charge in [0.1, 0.15) is 11.2 Å². The molecule has 1 heterocycles. The molecule has 0 N–H and O–H groups in total. The summed E-state index contributed by atoms with van der Waals surface area (Å²) >= 11 is 0. The number of para-hydroxylation sites is 1. The summed E-state index contributed by atoms with van der Waals surface area (Å²) in [7, 11) is 0. The van der Waals surface area contributed by atoms with E-state index in [0.717, 1.165) is 64.3 Å². The maximum atomic E-state index is 9.49. The largest absolute Gasteiger partial charge is 0.456 e. The Balaban J connectivity index is 1.56. The Morgan fingerprint density at radius 1 is 0.488 bits per heavy atom. The molecule has 0 radical (unpaired) electrons. The minimum absolute atomic E-state index is 0.205. The predicted octanol–water partition coefficient (Wildman–Crippen LogP) is 11.8. The summed E-state index contributed by atoms with van der Waals surface area (Å²) in [6, 6.07) is 24.6. The maximum absolute atomic E-state index is 9.49. The van der Waals surface area contributed by atoms with Crippen LogP contribution < -0.4 is 0 Å². The number of hydrogen-bond acceptors (Lipinski definition) is 1. The van der Waals surface area contributed by atoms with Gasteiger partial charge in [0.15, 0.2) is 0 Å². The fourth-order valence-electron chi connectivity index (χ4n) is 7.02. The second kappa shape index (κ2) is 9.71. The van der Waals surface area contributed by atoms with Crippen molar-refractivity contribution in [1.29, 1.82) is 0 Å². The number of hydrogen-bond donors (Lipinski definition) is 0. The lowest BCUT2D eigenvalue weighted by Crippen LogP contribution is -2.06. The fraction of sp³-hybridized carbons (Fsp3) is 0.0952. The zero-order valence-corrected chi connectivity index (χ0v) is 23.3. The average molecular weight is 559 g/mol. The minimum atomic E-state index is -0.414. The van der Waals surface area contributed by atoms with E-state index in [1.165, 1.54) is 0 Å². The molecule has 204 valence electrons. The van der Waals surface area contributed by atoms with Gasteiger partial charge in [-0.25, -0.2) is 0 Å². The predicted molar refractivity (Wildman–Crippen MR) is 182 cm³/mol. The van der Waals surface area contributed by atoms with Gasteiger partial charge in [0, 0.05) is 10.8 Å². The van der Waals surface area contributed by atoms with E-state index in [0.29, 0.717) is 27.9 Å². The third kappa shape index (κ3) is 3.78. The van der Waals surface area contributed by atoms with E-state index in [2.05, 4.69) is 6.07 Å². The first-order chi connectivity index (χ1) is 24.7. The molecule has 43 heavy (non-hydrogen) atoms. The number of furan rings is 1. The normalized spacial score (nSPS) is 15.8. The van der Waals surface area contributed by atoms with Gasteiger partial charge >= 0.3 is 0 Å². The van der Waals surface area contributed by atoms with Crippen LogP contribution in [0.15, 0.2) is 138 Å². The molecule has 0 saturated heterocycles. The molecule has 7 aromatic carbocycles. The van der Waals surface area contributed by atoms with E-state index in [1.807, 2.05) is 78.9 Å². The van der Waals surface area contributed by atoms with Crippen LogP contribution in [0, 0.1) is 0 Å². The zero-order valence-electron chi connectivity index (χ0n) is 31.3. The second-order valence-corrected chi connectivity index (χ2v) is 11.3. The zero-order chi connectivity index (χ0) is 35.3. The molecule has 9 rings (SSSR count). The summed E-state index contributed by atoms with van der Waals surface area (Å²) in [5.41, 5.74) is 7.18. The third-order valence-electron chi connectivity index (χ3n) is 8.91. The van der Waals surface area contributed by atoms with Crippen LogP contribution >= 0.6 is 0 Å². The minimum Gasteiger partial charge on any atom is -0.456 e.